The molecule has 0 amide bonds. The van der Waals surface area contributed by atoms with E-state index in [2.05, 4.69) is 27.8 Å². The van der Waals surface area contributed by atoms with Crippen LogP contribution in [-0.2, 0) is 0 Å². The molecule has 2 atom stereocenters. The zero-order valence-electron chi connectivity index (χ0n) is 10.00. The molecule has 1 aromatic carbocycles. The van der Waals surface area contributed by atoms with Crippen LogP contribution in [0.5, 0.6) is 0 Å². The SMILES string of the molecule is CC1CCCN1C(CN)c1ccc(Br)c(F)c1. The van der Waals surface area contributed by atoms with Crippen LogP contribution in [0, 0.1) is 5.82 Å². The molecule has 0 aromatic heterocycles. The van der Waals surface area contributed by atoms with Gasteiger partial charge in [-0.05, 0) is 59.9 Å². The maximum atomic E-state index is 13.6. The van der Waals surface area contributed by atoms with Crippen molar-refractivity contribution in [3.63, 3.8) is 0 Å². The Kier molecular flexibility index (Phi) is 4.17. The van der Waals surface area contributed by atoms with Crippen LogP contribution in [0.25, 0.3) is 0 Å². The van der Waals surface area contributed by atoms with Crippen molar-refractivity contribution in [3.8, 4) is 0 Å². The van der Waals surface area contributed by atoms with Crippen molar-refractivity contribution in [2.75, 3.05) is 13.1 Å². The summed E-state index contributed by atoms with van der Waals surface area (Å²) in [7, 11) is 0. The van der Waals surface area contributed by atoms with Crippen molar-refractivity contribution in [2.24, 2.45) is 5.73 Å². The van der Waals surface area contributed by atoms with Gasteiger partial charge in [0.2, 0.25) is 0 Å². The van der Waals surface area contributed by atoms with Crippen LogP contribution in [0.3, 0.4) is 0 Å². The topological polar surface area (TPSA) is 29.3 Å². The third-order valence-corrected chi connectivity index (χ3v) is 4.20. The number of nitrogens with zero attached hydrogens (tertiary/aromatic N) is 1. The molecule has 1 saturated heterocycles. The van der Waals surface area contributed by atoms with E-state index in [0.717, 1.165) is 12.1 Å². The fraction of sp³-hybridized carbons (Fsp3) is 0.538. The average molecular weight is 301 g/mol. The molecule has 1 aliphatic rings. The molecule has 2 nitrogen and oxygen atoms in total. The summed E-state index contributed by atoms with van der Waals surface area (Å²) in [6.45, 7) is 3.80. The van der Waals surface area contributed by atoms with Crippen LogP contribution >= 0.6 is 15.9 Å². The smallest absolute Gasteiger partial charge is 0.137 e. The summed E-state index contributed by atoms with van der Waals surface area (Å²) >= 11 is 3.18. The molecule has 1 aromatic rings. The molecule has 94 valence electrons. The highest BCUT2D eigenvalue weighted by Gasteiger charge is 2.28. The predicted octanol–water partition coefficient (Wildman–Crippen LogP) is 3.07. The fourth-order valence-electron chi connectivity index (χ4n) is 2.60. The number of hydrogen-bond donors (Lipinski definition) is 1. The van der Waals surface area contributed by atoms with E-state index in [4.69, 9.17) is 5.73 Å². The first-order chi connectivity index (χ1) is 8.13. The van der Waals surface area contributed by atoms with Crippen LogP contribution in [0.2, 0.25) is 0 Å². The summed E-state index contributed by atoms with van der Waals surface area (Å²) in [5.74, 6) is -0.215. The molecule has 0 spiro atoms. The second-order valence-corrected chi connectivity index (χ2v) is 5.51. The van der Waals surface area contributed by atoms with Gasteiger partial charge in [0.05, 0.1) is 4.47 Å². The number of rotatable bonds is 3. The van der Waals surface area contributed by atoms with Gasteiger partial charge in [-0.2, -0.15) is 0 Å². The van der Waals surface area contributed by atoms with E-state index in [1.807, 2.05) is 6.07 Å². The maximum absolute atomic E-state index is 13.6. The maximum Gasteiger partial charge on any atom is 0.137 e. The number of hydrogen-bond acceptors (Lipinski definition) is 2. The lowest BCUT2D eigenvalue weighted by Crippen LogP contribution is -2.36. The first-order valence-corrected chi connectivity index (χ1v) is 6.83. The summed E-state index contributed by atoms with van der Waals surface area (Å²) < 4.78 is 14.1. The summed E-state index contributed by atoms with van der Waals surface area (Å²) in [5.41, 5.74) is 6.83. The second-order valence-electron chi connectivity index (χ2n) is 4.65. The molecule has 2 unspecified atom stereocenters. The van der Waals surface area contributed by atoms with Crippen LogP contribution < -0.4 is 5.73 Å². The third kappa shape index (κ3) is 2.69. The fourth-order valence-corrected chi connectivity index (χ4v) is 2.85. The minimum absolute atomic E-state index is 0.134. The zero-order chi connectivity index (χ0) is 12.4. The van der Waals surface area contributed by atoms with E-state index in [1.165, 1.54) is 12.8 Å². The zero-order valence-corrected chi connectivity index (χ0v) is 11.6. The lowest BCUT2D eigenvalue weighted by atomic mass is 10.0. The molecule has 0 aliphatic carbocycles. The van der Waals surface area contributed by atoms with E-state index in [1.54, 1.807) is 12.1 Å². The van der Waals surface area contributed by atoms with Gasteiger partial charge in [0.1, 0.15) is 5.82 Å². The van der Waals surface area contributed by atoms with Crippen molar-refractivity contribution in [1.82, 2.24) is 4.90 Å². The van der Waals surface area contributed by atoms with E-state index in [9.17, 15) is 4.39 Å². The summed E-state index contributed by atoms with van der Waals surface area (Å²) in [5, 5.41) is 0. The third-order valence-electron chi connectivity index (χ3n) is 3.56. The second kappa shape index (κ2) is 5.46. The highest BCUT2D eigenvalue weighted by molar-refractivity contribution is 9.10. The lowest BCUT2D eigenvalue weighted by Gasteiger charge is -2.31. The monoisotopic (exact) mass is 300 g/mol. The van der Waals surface area contributed by atoms with Gasteiger partial charge >= 0.3 is 0 Å². The van der Waals surface area contributed by atoms with Gasteiger partial charge < -0.3 is 5.73 Å². The number of likely N-dealkylation sites (tertiary alicyclic amines) is 1. The Morgan fingerprint density at radius 3 is 2.88 bits per heavy atom. The van der Waals surface area contributed by atoms with Crippen molar-refractivity contribution >= 4 is 15.9 Å². The largest absolute Gasteiger partial charge is 0.329 e. The van der Waals surface area contributed by atoms with Gasteiger partial charge in [0.15, 0.2) is 0 Å². The quantitative estimate of drug-likeness (QED) is 0.929. The number of nitrogens with two attached hydrogens (primary N) is 1. The predicted molar refractivity (Wildman–Crippen MR) is 71.3 cm³/mol. The van der Waals surface area contributed by atoms with E-state index >= 15 is 0 Å². The average Bonchev–Trinajstić information content (AvgIpc) is 2.71. The number of benzene rings is 1. The number of halogens is 2. The van der Waals surface area contributed by atoms with E-state index in [0.29, 0.717) is 17.1 Å². The van der Waals surface area contributed by atoms with Crippen LogP contribution in [-0.4, -0.2) is 24.0 Å². The van der Waals surface area contributed by atoms with Crippen LogP contribution in [0.15, 0.2) is 22.7 Å². The minimum atomic E-state index is -0.215. The van der Waals surface area contributed by atoms with Crippen molar-refractivity contribution in [1.29, 1.82) is 0 Å². The molecule has 17 heavy (non-hydrogen) atoms. The molecule has 0 saturated carbocycles. The molecule has 1 fully saturated rings. The van der Waals surface area contributed by atoms with Gasteiger partial charge in [-0.3, -0.25) is 4.90 Å². The van der Waals surface area contributed by atoms with E-state index < -0.39 is 0 Å². The Bertz CT molecular complexity index is 397. The first kappa shape index (κ1) is 13.0. The summed E-state index contributed by atoms with van der Waals surface area (Å²) in [6, 6.07) is 5.97. The standard InChI is InChI=1S/C13H18BrFN2/c1-9-3-2-6-17(9)13(8-16)10-4-5-11(14)12(15)7-10/h4-5,7,9,13H,2-3,6,8,16H2,1H3. The van der Waals surface area contributed by atoms with Crippen LogP contribution in [0.1, 0.15) is 31.4 Å². The van der Waals surface area contributed by atoms with E-state index in [-0.39, 0.29) is 11.9 Å². The Labute approximate surface area is 110 Å². The molecular formula is C13H18BrFN2. The normalized spacial score (nSPS) is 22.9. The van der Waals surface area contributed by atoms with Gasteiger partial charge in [0.25, 0.3) is 0 Å². The van der Waals surface area contributed by atoms with Crippen molar-refractivity contribution in [2.45, 2.75) is 31.8 Å². The molecule has 4 heteroatoms. The molecule has 1 heterocycles. The van der Waals surface area contributed by atoms with Gasteiger partial charge in [-0.15, -0.1) is 0 Å². The van der Waals surface area contributed by atoms with Gasteiger partial charge in [0, 0.05) is 18.6 Å². The molecule has 2 rings (SSSR count). The first-order valence-electron chi connectivity index (χ1n) is 6.04. The molecular weight excluding hydrogens is 283 g/mol. The molecule has 1 aliphatic heterocycles. The highest BCUT2D eigenvalue weighted by Crippen LogP contribution is 2.30. The molecule has 0 radical (unpaired) electrons. The van der Waals surface area contributed by atoms with Crippen molar-refractivity contribution < 1.29 is 4.39 Å². The Balaban J connectivity index is 2.25. The highest BCUT2D eigenvalue weighted by atomic mass is 79.9. The molecule has 2 N–H and O–H groups in total. The van der Waals surface area contributed by atoms with Crippen molar-refractivity contribution in [3.05, 3.63) is 34.1 Å². The Hall–Kier alpha value is -0.450. The summed E-state index contributed by atoms with van der Waals surface area (Å²) in [6.07, 6.45) is 2.41. The van der Waals surface area contributed by atoms with Gasteiger partial charge in [-0.1, -0.05) is 6.07 Å². The Morgan fingerprint density at radius 2 is 2.35 bits per heavy atom. The van der Waals surface area contributed by atoms with Crippen LogP contribution in [0.4, 0.5) is 4.39 Å². The Morgan fingerprint density at radius 1 is 1.59 bits per heavy atom. The summed E-state index contributed by atoms with van der Waals surface area (Å²) in [4.78, 5) is 2.38. The lowest BCUT2D eigenvalue weighted by molar-refractivity contribution is 0.195. The minimum Gasteiger partial charge on any atom is -0.329 e. The molecule has 0 bridgehead atoms. The van der Waals surface area contributed by atoms with Gasteiger partial charge in [-0.25, -0.2) is 4.39 Å².